The fraction of sp³-hybridized carbons (Fsp3) is 0.300. The number of aliphatic carboxylic acids is 1. The molecule has 35 heavy (non-hydrogen) atoms. The van der Waals surface area contributed by atoms with Crippen molar-refractivity contribution in [1.82, 2.24) is 0 Å². The molecular weight excluding hydrogens is 443 g/mol. The number of rotatable bonds is 9. The van der Waals surface area contributed by atoms with Crippen LogP contribution in [0.15, 0.2) is 66.7 Å². The summed E-state index contributed by atoms with van der Waals surface area (Å²) in [5, 5.41) is 9.07. The summed E-state index contributed by atoms with van der Waals surface area (Å²) in [4.78, 5) is 11.0. The van der Waals surface area contributed by atoms with Crippen LogP contribution in [-0.4, -0.2) is 18.2 Å². The van der Waals surface area contributed by atoms with Crippen LogP contribution in [0.25, 0.3) is 17.2 Å². The van der Waals surface area contributed by atoms with Crippen molar-refractivity contribution in [2.45, 2.75) is 46.6 Å². The maximum Gasteiger partial charge on any atom is 0.303 e. The fourth-order valence-corrected chi connectivity index (χ4v) is 3.72. The molecule has 0 aliphatic rings. The van der Waals surface area contributed by atoms with Gasteiger partial charge in [0, 0.05) is 5.56 Å². The number of hydrogen-bond acceptors (Lipinski definition) is 3. The standard InChI is InChI=1S/C30H33FO4/c1-20(15-29(32)33)22-7-6-8-25(17-22)35-19-21-9-11-26(23(16-21)13-14-30(2,3)4)27-18-24(34-5)10-12-28(27)31/h6-14,16-18,20H,15,19H2,1-5H3,(H,32,33)/t20-/m1/s1. The Bertz CT molecular complexity index is 1210. The van der Waals surface area contributed by atoms with Gasteiger partial charge in [0.15, 0.2) is 0 Å². The number of methoxy groups -OCH3 is 1. The number of carbonyl (C=O) groups is 1. The average molecular weight is 477 g/mol. The first kappa shape index (κ1) is 26.0. The van der Waals surface area contributed by atoms with Crippen LogP contribution in [0.5, 0.6) is 11.5 Å². The molecule has 0 unspecified atom stereocenters. The molecule has 4 nitrogen and oxygen atoms in total. The molecule has 0 saturated heterocycles. The Kier molecular flexibility index (Phi) is 8.34. The van der Waals surface area contributed by atoms with Crippen LogP contribution in [0.4, 0.5) is 4.39 Å². The average Bonchev–Trinajstić information content (AvgIpc) is 2.81. The summed E-state index contributed by atoms with van der Waals surface area (Å²) in [6, 6.07) is 18.1. The van der Waals surface area contributed by atoms with Crippen LogP contribution >= 0.6 is 0 Å². The molecule has 0 bridgehead atoms. The molecule has 3 rings (SSSR count). The van der Waals surface area contributed by atoms with Gasteiger partial charge in [-0.1, -0.05) is 64.1 Å². The fourth-order valence-electron chi connectivity index (χ4n) is 3.72. The predicted molar refractivity (Wildman–Crippen MR) is 138 cm³/mol. The minimum atomic E-state index is -0.827. The first-order chi connectivity index (χ1) is 16.6. The van der Waals surface area contributed by atoms with E-state index in [-0.39, 0.29) is 23.6 Å². The lowest BCUT2D eigenvalue weighted by Gasteiger charge is -2.15. The third-order valence-corrected chi connectivity index (χ3v) is 5.66. The second kappa shape index (κ2) is 11.2. The second-order valence-corrected chi connectivity index (χ2v) is 9.83. The van der Waals surface area contributed by atoms with Gasteiger partial charge in [-0.2, -0.15) is 0 Å². The van der Waals surface area contributed by atoms with Gasteiger partial charge in [0.1, 0.15) is 23.9 Å². The number of halogens is 1. The smallest absolute Gasteiger partial charge is 0.303 e. The number of carboxylic acid groups (broad SMARTS) is 1. The Hall–Kier alpha value is -3.60. The molecule has 0 radical (unpaired) electrons. The van der Waals surface area contributed by atoms with Gasteiger partial charge >= 0.3 is 5.97 Å². The lowest BCUT2D eigenvalue weighted by Crippen LogP contribution is -2.03. The predicted octanol–water partition coefficient (Wildman–Crippen LogP) is 7.72. The molecule has 0 spiro atoms. The van der Waals surface area contributed by atoms with Gasteiger partial charge in [-0.3, -0.25) is 4.79 Å². The van der Waals surface area contributed by atoms with E-state index in [0.29, 0.717) is 23.7 Å². The quantitative estimate of drug-likeness (QED) is 0.343. The summed E-state index contributed by atoms with van der Waals surface area (Å²) < 4.78 is 26.1. The monoisotopic (exact) mass is 476 g/mol. The zero-order chi connectivity index (χ0) is 25.6. The minimum absolute atomic E-state index is 0.0379. The zero-order valence-electron chi connectivity index (χ0n) is 21.0. The third-order valence-electron chi connectivity index (χ3n) is 5.66. The van der Waals surface area contributed by atoms with Crippen molar-refractivity contribution in [3.05, 3.63) is 89.2 Å². The molecule has 0 saturated carbocycles. The highest BCUT2D eigenvalue weighted by atomic mass is 19.1. The molecule has 3 aromatic rings. The first-order valence-corrected chi connectivity index (χ1v) is 11.7. The van der Waals surface area contributed by atoms with Crippen LogP contribution < -0.4 is 9.47 Å². The lowest BCUT2D eigenvalue weighted by molar-refractivity contribution is -0.137. The molecule has 1 N–H and O–H groups in total. The molecule has 0 heterocycles. The van der Waals surface area contributed by atoms with Crippen molar-refractivity contribution in [1.29, 1.82) is 0 Å². The zero-order valence-corrected chi connectivity index (χ0v) is 21.0. The van der Waals surface area contributed by atoms with Gasteiger partial charge in [-0.05, 0) is 70.0 Å². The molecule has 0 amide bonds. The molecular formula is C30H33FO4. The van der Waals surface area contributed by atoms with Gasteiger partial charge in [-0.25, -0.2) is 4.39 Å². The summed E-state index contributed by atoms with van der Waals surface area (Å²) >= 11 is 0. The third kappa shape index (κ3) is 7.44. The van der Waals surface area contributed by atoms with E-state index >= 15 is 0 Å². The second-order valence-electron chi connectivity index (χ2n) is 9.83. The maximum absolute atomic E-state index is 14.8. The summed E-state index contributed by atoms with van der Waals surface area (Å²) in [7, 11) is 1.56. The van der Waals surface area contributed by atoms with Crippen LogP contribution in [0.2, 0.25) is 0 Å². The van der Waals surface area contributed by atoms with Crippen LogP contribution in [0.3, 0.4) is 0 Å². The summed E-state index contributed by atoms with van der Waals surface area (Å²) in [6.07, 6.45) is 4.18. The van der Waals surface area contributed by atoms with E-state index in [1.54, 1.807) is 19.2 Å². The molecule has 0 aliphatic carbocycles. The van der Waals surface area contributed by atoms with Gasteiger partial charge in [-0.15, -0.1) is 0 Å². The number of allylic oxidation sites excluding steroid dienone is 1. The Morgan fingerprint density at radius 2 is 1.80 bits per heavy atom. The largest absolute Gasteiger partial charge is 0.497 e. The van der Waals surface area contributed by atoms with Crippen molar-refractivity contribution >= 4 is 12.0 Å². The van der Waals surface area contributed by atoms with Gasteiger partial charge in [0.25, 0.3) is 0 Å². The number of ether oxygens (including phenoxy) is 2. The number of carboxylic acids is 1. The minimum Gasteiger partial charge on any atom is -0.497 e. The summed E-state index contributed by atoms with van der Waals surface area (Å²) in [5.41, 5.74) is 3.96. The van der Waals surface area contributed by atoms with Crippen molar-refractivity contribution in [2.24, 2.45) is 5.41 Å². The van der Waals surface area contributed by atoms with E-state index in [1.165, 1.54) is 6.07 Å². The molecule has 184 valence electrons. The molecule has 5 heteroatoms. The number of benzene rings is 3. The van der Waals surface area contributed by atoms with Crippen molar-refractivity contribution in [3.63, 3.8) is 0 Å². The van der Waals surface area contributed by atoms with E-state index in [2.05, 4.69) is 26.8 Å². The number of hydrogen-bond donors (Lipinski definition) is 1. The van der Waals surface area contributed by atoms with E-state index in [1.807, 2.05) is 55.5 Å². The molecule has 3 aromatic carbocycles. The highest BCUT2D eigenvalue weighted by Gasteiger charge is 2.14. The summed E-state index contributed by atoms with van der Waals surface area (Å²) in [6.45, 7) is 8.55. The van der Waals surface area contributed by atoms with Gasteiger partial charge in [0.2, 0.25) is 0 Å². The van der Waals surface area contributed by atoms with E-state index < -0.39 is 5.97 Å². The summed E-state index contributed by atoms with van der Waals surface area (Å²) in [5.74, 6) is 0.0213. The van der Waals surface area contributed by atoms with Crippen LogP contribution in [-0.2, 0) is 11.4 Å². The maximum atomic E-state index is 14.8. The van der Waals surface area contributed by atoms with Crippen molar-refractivity contribution in [2.75, 3.05) is 7.11 Å². The highest BCUT2D eigenvalue weighted by molar-refractivity contribution is 5.77. The van der Waals surface area contributed by atoms with Crippen LogP contribution in [0.1, 0.15) is 56.7 Å². The normalized spacial score (nSPS) is 12.5. The van der Waals surface area contributed by atoms with Crippen LogP contribution in [0, 0.1) is 11.2 Å². The first-order valence-electron chi connectivity index (χ1n) is 11.7. The lowest BCUT2D eigenvalue weighted by atomic mass is 9.92. The SMILES string of the molecule is COc1ccc(F)c(-c2ccc(COc3cccc([C@H](C)CC(=O)O)c3)cc2C=CC(C)(C)C)c1. The van der Waals surface area contributed by atoms with Crippen molar-refractivity contribution < 1.29 is 23.8 Å². The Labute approximate surface area is 207 Å². The Morgan fingerprint density at radius 1 is 1.03 bits per heavy atom. The molecule has 0 aromatic heterocycles. The van der Waals surface area contributed by atoms with E-state index in [9.17, 15) is 9.18 Å². The Balaban J connectivity index is 1.89. The van der Waals surface area contributed by atoms with Crippen molar-refractivity contribution in [3.8, 4) is 22.6 Å². The molecule has 0 fully saturated rings. The molecule has 1 atom stereocenters. The van der Waals surface area contributed by atoms with E-state index in [4.69, 9.17) is 14.6 Å². The highest BCUT2D eigenvalue weighted by Crippen LogP contribution is 2.32. The van der Waals surface area contributed by atoms with Gasteiger partial charge < -0.3 is 14.6 Å². The topological polar surface area (TPSA) is 55.8 Å². The van der Waals surface area contributed by atoms with E-state index in [0.717, 1.165) is 22.3 Å². The Morgan fingerprint density at radius 3 is 2.49 bits per heavy atom. The van der Waals surface area contributed by atoms with Gasteiger partial charge in [0.05, 0.1) is 13.5 Å². The molecule has 0 aliphatic heterocycles.